The Morgan fingerprint density at radius 3 is 2.14 bits per heavy atom. The molecular formula is C25H26N2O. The van der Waals surface area contributed by atoms with E-state index in [0.717, 1.165) is 16.9 Å². The lowest BCUT2D eigenvalue weighted by molar-refractivity contribution is 0.0975. The molecule has 0 aliphatic carbocycles. The molecule has 1 N–H and O–H groups in total. The third-order valence-electron chi connectivity index (χ3n) is 5.33. The first kappa shape index (κ1) is 18.3. The molecule has 0 fully saturated rings. The number of benzene rings is 3. The van der Waals surface area contributed by atoms with Crippen molar-refractivity contribution in [2.24, 2.45) is 0 Å². The van der Waals surface area contributed by atoms with Crippen LogP contribution < -0.4 is 10.2 Å². The Balaban J connectivity index is 1.81. The molecule has 4 rings (SSSR count). The van der Waals surface area contributed by atoms with Crippen LogP contribution in [0.5, 0.6) is 0 Å². The van der Waals surface area contributed by atoms with Crippen molar-refractivity contribution < 1.29 is 4.79 Å². The first-order valence-corrected chi connectivity index (χ1v) is 9.71. The summed E-state index contributed by atoms with van der Waals surface area (Å²) in [6.45, 7) is 8.66. The smallest absolute Gasteiger partial charge is 0.262 e. The monoisotopic (exact) mass is 370 g/mol. The molecule has 0 spiro atoms. The highest BCUT2D eigenvalue weighted by Gasteiger charge is 2.34. The van der Waals surface area contributed by atoms with E-state index in [1.807, 2.05) is 29.2 Å². The summed E-state index contributed by atoms with van der Waals surface area (Å²) in [5, 5.41) is 3.56. The van der Waals surface area contributed by atoms with E-state index in [1.54, 1.807) is 0 Å². The number of aryl methyl sites for hydroxylation is 1. The maximum absolute atomic E-state index is 13.4. The van der Waals surface area contributed by atoms with Gasteiger partial charge in [0.1, 0.15) is 6.17 Å². The van der Waals surface area contributed by atoms with Crippen molar-refractivity contribution in [3.8, 4) is 0 Å². The van der Waals surface area contributed by atoms with Gasteiger partial charge in [-0.2, -0.15) is 0 Å². The van der Waals surface area contributed by atoms with Crippen LogP contribution in [0, 0.1) is 6.92 Å². The molecule has 28 heavy (non-hydrogen) atoms. The van der Waals surface area contributed by atoms with E-state index in [2.05, 4.69) is 81.5 Å². The van der Waals surface area contributed by atoms with Crippen molar-refractivity contribution in [2.75, 3.05) is 10.2 Å². The van der Waals surface area contributed by atoms with Gasteiger partial charge in [-0.05, 0) is 47.7 Å². The molecule has 0 aromatic heterocycles. The SMILES string of the molecule is Cc1ccc([C@@H]2Nc3ccccc3C(=O)N2c2ccc(C(C)(C)C)cc2)cc1. The van der Waals surface area contributed by atoms with E-state index in [1.165, 1.54) is 11.1 Å². The van der Waals surface area contributed by atoms with E-state index >= 15 is 0 Å². The van der Waals surface area contributed by atoms with E-state index in [4.69, 9.17) is 0 Å². The summed E-state index contributed by atoms with van der Waals surface area (Å²) in [5.74, 6) is 0.0171. The second-order valence-electron chi connectivity index (χ2n) is 8.48. The van der Waals surface area contributed by atoms with E-state index < -0.39 is 0 Å². The molecule has 1 aliphatic heterocycles. The third-order valence-corrected chi connectivity index (χ3v) is 5.33. The van der Waals surface area contributed by atoms with Crippen LogP contribution in [0.1, 0.15) is 54.0 Å². The van der Waals surface area contributed by atoms with Gasteiger partial charge in [0.15, 0.2) is 0 Å². The second-order valence-corrected chi connectivity index (χ2v) is 8.48. The molecule has 0 bridgehead atoms. The van der Waals surface area contributed by atoms with Gasteiger partial charge in [0.2, 0.25) is 0 Å². The fraction of sp³-hybridized carbons (Fsp3) is 0.240. The Bertz CT molecular complexity index is 998. The van der Waals surface area contributed by atoms with E-state index in [0.29, 0.717) is 5.56 Å². The molecule has 1 heterocycles. The molecule has 0 saturated carbocycles. The standard InChI is InChI=1S/C25H26N2O/c1-17-9-11-18(12-10-17)23-26-22-8-6-5-7-21(22)24(28)27(23)20-15-13-19(14-16-20)25(2,3)4/h5-16,23,26H,1-4H3/t23-/m1/s1. The topological polar surface area (TPSA) is 32.3 Å². The van der Waals surface area contributed by atoms with Crippen LogP contribution in [0.15, 0.2) is 72.8 Å². The number of nitrogens with zero attached hydrogens (tertiary/aromatic N) is 1. The van der Waals surface area contributed by atoms with Gasteiger partial charge in [0.25, 0.3) is 5.91 Å². The maximum atomic E-state index is 13.4. The minimum absolute atomic E-state index is 0.0171. The Kier molecular flexibility index (Phi) is 4.46. The van der Waals surface area contributed by atoms with Crippen molar-refractivity contribution >= 4 is 17.3 Å². The number of hydrogen-bond donors (Lipinski definition) is 1. The zero-order chi connectivity index (χ0) is 19.9. The number of anilines is 2. The van der Waals surface area contributed by atoms with E-state index in [-0.39, 0.29) is 17.5 Å². The molecular weight excluding hydrogens is 344 g/mol. The highest BCUT2D eigenvalue weighted by molar-refractivity contribution is 6.12. The van der Waals surface area contributed by atoms with Gasteiger partial charge >= 0.3 is 0 Å². The molecule has 3 aromatic rings. The Morgan fingerprint density at radius 1 is 0.857 bits per heavy atom. The summed E-state index contributed by atoms with van der Waals surface area (Å²) in [7, 11) is 0. The van der Waals surface area contributed by atoms with Crippen LogP contribution in [0.4, 0.5) is 11.4 Å². The van der Waals surface area contributed by atoms with Gasteiger partial charge in [0.05, 0.1) is 5.56 Å². The van der Waals surface area contributed by atoms with Crippen LogP contribution in [0.25, 0.3) is 0 Å². The molecule has 1 aliphatic rings. The summed E-state index contributed by atoms with van der Waals surface area (Å²) in [6.07, 6.45) is -0.247. The number of carbonyl (C=O) groups excluding carboxylic acids is 1. The maximum Gasteiger partial charge on any atom is 0.262 e. The first-order valence-electron chi connectivity index (χ1n) is 9.71. The van der Waals surface area contributed by atoms with E-state index in [9.17, 15) is 4.79 Å². The number of amides is 1. The van der Waals surface area contributed by atoms with Crippen LogP contribution in [-0.4, -0.2) is 5.91 Å². The van der Waals surface area contributed by atoms with Crippen molar-refractivity contribution in [1.29, 1.82) is 0 Å². The van der Waals surface area contributed by atoms with Crippen molar-refractivity contribution in [3.63, 3.8) is 0 Å². The molecule has 0 unspecified atom stereocenters. The number of carbonyl (C=O) groups is 1. The van der Waals surface area contributed by atoms with Gasteiger partial charge < -0.3 is 5.32 Å². The second kappa shape index (κ2) is 6.83. The number of fused-ring (bicyclic) bond motifs is 1. The molecule has 3 nitrogen and oxygen atoms in total. The van der Waals surface area contributed by atoms with Gasteiger partial charge in [-0.15, -0.1) is 0 Å². The summed E-state index contributed by atoms with van der Waals surface area (Å²) >= 11 is 0. The largest absolute Gasteiger partial charge is 0.360 e. The highest BCUT2D eigenvalue weighted by atomic mass is 16.2. The molecule has 0 radical (unpaired) electrons. The lowest BCUT2D eigenvalue weighted by Crippen LogP contribution is -2.43. The van der Waals surface area contributed by atoms with Crippen molar-refractivity contribution in [3.05, 3.63) is 95.1 Å². The van der Waals surface area contributed by atoms with Crippen molar-refractivity contribution in [1.82, 2.24) is 0 Å². The summed E-state index contributed by atoms with van der Waals surface area (Å²) in [4.78, 5) is 15.3. The molecule has 1 atom stereocenters. The number of nitrogens with one attached hydrogen (secondary N) is 1. The Morgan fingerprint density at radius 2 is 1.50 bits per heavy atom. The zero-order valence-corrected chi connectivity index (χ0v) is 16.9. The highest BCUT2D eigenvalue weighted by Crippen LogP contribution is 2.37. The lowest BCUT2D eigenvalue weighted by atomic mass is 9.87. The average Bonchev–Trinajstić information content (AvgIpc) is 2.68. The number of rotatable bonds is 2. The fourth-order valence-corrected chi connectivity index (χ4v) is 3.62. The van der Waals surface area contributed by atoms with Crippen LogP contribution in [-0.2, 0) is 5.41 Å². The minimum Gasteiger partial charge on any atom is -0.360 e. The predicted molar refractivity (Wildman–Crippen MR) is 116 cm³/mol. The summed E-state index contributed by atoms with van der Waals surface area (Å²) in [6, 6.07) is 24.4. The zero-order valence-electron chi connectivity index (χ0n) is 16.9. The summed E-state index contributed by atoms with van der Waals surface area (Å²) in [5.41, 5.74) is 6.06. The van der Waals surface area contributed by atoms with Gasteiger partial charge in [-0.1, -0.05) is 74.9 Å². The Hall–Kier alpha value is -3.07. The number of para-hydroxylation sites is 1. The average molecular weight is 370 g/mol. The first-order chi connectivity index (χ1) is 13.3. The fourth-order valence-electron chi connectivity index (χ4n) is 3.62. The Labute approximate surface area is 167 Å². The van der Waals surface area contributed by atoms with Gasteiger partial charge in [-0.3, -0.25) is 9.69 Å². The molecule has 3 aromatic carbocycles. The third kappa shape index (κ3) is 3.29. The van der Waals surface area contributed by atoms with Gasteiger partial charge in [-0.25, -0.2) is 0 Å². The van der Waals surface area contributed by atoms with Crippen LogP contribution in [0.2, 0.25) is 0 Å². The predicted octanol–water partition coefficient (Wildman–Crippen LogP) is 6.06. The normalized spacial score (nSPS) is 16.5. The molecule has 3 heteroatoms. The quantitative estimate of drug-likeness (QED) is 0.594. The number of hydrogen-bond acceptors (Lipinski definition) is 2. The minimum atomic E-state index is -0.247. The molecule has 1 amide bonds. The molecule has 0 saturated heterocycles. The molecule has 142 valence electrons. The van der Waals surface area contributed by atoms with Crippen molar-refractivity contribution in [2.45, 2.75) is 39.3 Å². The van der Waals surface area contributed by atoms with Gasteiger partial charge in [0, 0.05) is 11.4 Å². The summed E-state index contributed by atoms with van der Waals surface area (Å²) < 4.78 is 0. The lowest BCUT2D eigenvalue weighted by Gasteiger charge is -2.38. The van der Waals surface area contributed by atoms with Crippen LogP contribution >= 0.6 is 0 Å². The van der Waals surface area contributed by atoms with Crippen LogP contribution in [0.3, 0.4) is 0 Å².